The van der Waals surface area contributed by atoms with E-state index in [0.717, 1.165) is 43.4 Å². The average molecular weight is 456 g/mol. The first-order valence-electron chi connectivity index (χ1n) is 8.99. The van der Waals surface area contributed by atoms with Gasteiger partial charge in [0, 0.05) is 36.3 Å². The molecule has 1 aromatic heterocycles. The number of anilines is 1. The summed E-state index contributed by atoms with van der Waals surface area (Å²) in [4.78, 5) is 7.01. The molecule has 0 aliphatic carbocycles. The number of likely N-dealkylation sites (N-methyl/N-ethyl adjacent to an activating group) is 1. The lowest BCUT2D eigenvalue weighted by Gasteiger charge is -2.16. The molecule has 3 rings (SSSR count). The minimum atomic E-state index is -3.23. The number of nitrogens with zero attached hydrogens (tertiary/aromatic N) is 2. The Morgan fingerprint density at radius 2 is 1.55 bits per heavy atom. The first-order valence-corrected chi connectivity index (χ1v) is 10.9. The summed E-state index contributed by atoms with van der Waals surface area (Å²) in [7, 11) is -1.12. The Morgan fingerprint density at radius 3 is 2.24 bits per heavy atom. The van der Waals surface area contributed by atoms with Crippen LogP contribution in [0.4, 0.5) is 5.69 Å². The summed E-state index contributed by atoms with van der Waals surface area (Å²) in [6.45, 7) is 1.88. The Morgan fingerprint density at radius 1 is 0.897 bits per heavy atom. The molecule has 0 aliphatic heterocycles. The Kier molecular flexibility index (Phi) is 9.86. The molecule has 0 unspecified atom stereocenters. The lowest BCUT2D eigenvalue weighted by Crippen LogP contribution is -2.24. The van der Waals surface area contributed by atoms with Gasteiger partial charge in [-0.1, -0.05) is 36.4 Å². The van der Waals surface area contributed by atoms with Crippen LogP contribution in [0.1, 0.15) is 11.3 Å². The molecule has 8 heteroatoms. The van der Waals surface area contributed by atoms with Crippen LogP contribution < -0.4 is 4.72 Å². The number of fused-ring (bicyclic) bond motifs is 1. The Balaban J connectivity index is 0.00000210. The minimum Gasteiger partial charge on any atom is -0.306 e. The minimum absolute atomic E-state index is 0. The van der Waals surface area contributed by atoms with Crippen LogP contribution in [-0.2, 0) is 22.9 Å². The van der Waals surface area contributed by atoms with Gasteiger partial charge in [0.2, 0.25) is 10.0 Å². The summed E-state index contributed by atoms with van der Waals surface area (Å²) < 4.78 is 25.0. The topological polar surface area (TPSA) is 62.3 Å². The molecule has 1 N–H and O–H groups in total. The number of halogens is 2. The second-order valence-electron chi connectivity index (χ2n) is 6.87. The SMILES string of the molecule is CN(CCc1ccc(NS(C)(=O)=O)cc1)CCc1ccc2ccccc2n1.Cl.Cl. The molecule has 0 fully saturated rings. The number of aromatic nitrogens is 1. The predicted molar refractivity (Wildman–Crippen MR) is 126 cm³/mol. The van der Waals surface area contributed by atoms with Crippen molar-refractivity contribution in [3.05, 3.63) is 71.9 Å². The molecule has 0 spiro atoms. The van der Waals surface area contributed by atoms with Crippen molar-refractivity contribution < 1.29 is 8.42 Å². The van der Waals surface area contributed by atoms with Crippen LogP contribution in [0.5, 0.6) is 0 Å². The van der Waals surface area contributed by atoms with Gasteiger partial charge in [-0.2, -0.15) is 0 Å². The maximum Gasteiger partial charge on any atom is 0.229 e. The van der Waals surface area contributed by atoms with Crippen molar-refractivity contribution in [2.45, 2.75) is 12.8 Å². The molecule has 0 atom stereocenters. The van der Waals surface area contributed by atoms with Gasteiger partial charge in [0.15, 0.2) is 0 Å². The summed E-state index contributed by atoms with van der Waals surface area (Å²) in [5.41, 5.74) is 3.93. The summed E-state index contributed by atoms with van der Waals surface area (Å²) in [5.74, 6) is 0. The number of para-hydroxylation sites is 1. The maximum absolute atomic E-state index is 11.2. The number of benzene rings is 2. The summed E-state index contributed by atoms with van der Waals surface area (Å²) in [6.07, 6.45) is 2.99. The molecule has 0 bridgehead atoms. The van der Waals surface area contributed by atoms with E-state index in [-0.39, 0.29) is 24.8 Å². The highest BCUT2D eigenvalue weighted by Gasteiger charge is 2.04. The summed E-state index contributed by atoms with van der Waals surface area (Å²) in [5, 5.41) is 1.17. The molecular formula is C21H27Cl2N3O2S. The van der Waals surface area contributed by atoms with Gasteiger partial charge in [-0.15, -0.1) is 24.8 Å². The Labute approximate surface area is 185 Å². The number of pyridine rings is 1. The van der Waals surface area contributed by atoms with Crippen molar-refractivity contribution in [1.29, 1.82) is 0 Å². The van der Waals surface area contributed by atoms with E-state index in [2.05, 4.69) is 34.9 Å². The highest BCUT2D eigenvalue weighted by atomic mass is 35.5. The van der Waals surface area contributed by atoms with Crippen LogP contribution in [-0.4, -0.2) is 44.7 Å². The number of hydrogen-bond donors (Lipinski definition) is 1. The van der Waals surface area contributed by atoms with Crippen molar-refractivity contribution in [1.82, 2.24) is 9.88 Å². The zero-order valence-corrected chi connectivity index (χ0v) is 19.0. The average Bonchev–Trinajstić information content (AvgIpc) is 2.64. The third-order valence-corrected chi connectivity index (χ3v) is 5.05. The third kappa shape index (κ3) is 8.19. The fraction of sp³-hybridized carbons (Fsp3) is 0.286. The Bertz CT molecular complexity index is 1010. The van der Waals surface area contributed by atoms with Crippen molar-refractivity contribution in [2.75, 3.05) is 31.1 Å². The summed E-state index contributed by atoms with van der Waals surface area (Å²) >= 11 is 0. The molecule has 3 aromatic rings. The molecule has 0 saturated carbocycles. The van der Waals surface area contributed by atoms with Gasteiger partial charge in [0.05, 0.1) is 11.8 Å². The van der Waals surface area contributed by atoms with E-state index < -0.39 is 10.0 Å². The van der Waals surface area contributed by atoms with Gasteiger partial charge in [-0.3, -0.25) is 9.71 Å². The monoisotopic (exact) mass is 455 g/mol. The molecule has 29 heavy (non-hydrogen) atoms. The predicted octanol–water partition coefficient (Wildman–Crippen LogP) is 4.17. The fourth-order valence-corrected chi connectivity index (χ4v) is 3.50. The normalized spacial score (nSPS) is 11.0. The zero-order valence-electron chi connectivity index (χ0n) is 16.5. The van der Waals surface area contributed by atoms with Crippen molar-refractivity contribution >= 4 is 51.4 Å². The van der Waals surface area contributed by atoms with Crippen molar-refractivity contribution in [3.63, 3.8) is 0 Å². The van der Waals surface area contributed by atoms with E-state index in [4.69, 9.17) is 4.98 Å². The number of nitrogens with one attached hydrogen (secondary N) is 1. The summed E-state index contributed by atoms with van der Waals surface area (Å²) in [6, 6.07) is 19.9. The van der Waals surface area contributed by atoms with E-state index >= 15 is 0 Å². The first-order chi connectivity index (χ1) is 12.9. The first kappa shape index (κ1) is 25.2. The molecular weight excluding hydrogens is 429 g/mol. The second kappa shape index (κ2) is 11.4. The molecule has 0 saturated heterocycles. The van der Waals surface area contributed by atoms with Crippen molar-refractivity contribution in [3.8, 4) is 0 Å². The van der Waals surface area contributed by atoms with Gasteiger partial charge < -0.3 is 4.90 Å². The molecule has 0 radical (unpaired) electrons. The maximum atomic E-state index is 11.2. The molecule has 0 amide bonds. The van der Waals surface area contributed by atoms with Gasteiger partial charge in [0.25, 0.3) is 0 Å². The lowest BCUT2D eigenvalue weighted by molar-refractivity contribution is 0.342. The van der Waals surface area contributed by atoms with Gasteiger partial charge >= 0.3 is 0 Å². The van der Waals surface area contributed by atoms with Crippen LogP contribution in [0.3, 0.4) is 0 Å². The molecule has 5 nitrogen and oxygen atoms in total. The Hall–Kier alpha value is -1.86. The van der Waals surface area contributed by atoms with Crippen LogP contribution in [0.15, 0.2) is 60.7 Å². The van der Waals surface area contributed by atoms with Crippen LogP contribution >= 0.6 is 24.8 Å². The van der Waals surface area contributed by atoms with Gasteiger partial charge in [0.1, 0.15) is 0 Å². The molecule has 0 aliphatic rings. The van der Waals surface area contributed by atoms with Crippen LogP contribution in [0, 0.1) is 0 Å². The number of sulfonamides is 1. The highest BCUT2D eigenvalue weighted by Crippen LogP contribution is 2.13. The van der Waals surface area contributed by atoms with E-state index in [0.29, 0.717) is 5.69 Å². The van der Waals surface area contributed by atoms with Crippen LogP contribution in [0.2, 0.25) is 0 Å². The smallest absolute Gasteiger partial charge is 0.229 e. The number of rotatable bonds is 8. The molecule has 1 heterocycles. The lowest BCUT2D eigenvalue weighted by atomic mass is 10.1. The van der Waals surface area contributed by atoms with E-state index in [1.165, 1.54) is 10.9 Å². The fourth-order valence-electron chi connectivity index (χ4n) is 2.94. The molecule has 158 valence electrons. The standard InChI is InChI=1S/C21H25N3O2S.2ClH/c1-24(15-13-17-7-10-20(11-8-17)23-27(2,25)26)16-14-19-12-9-18-5-3-4-6-21(18)22-19;;/h3-12,23H,13-16H2,1-2H3;2*1H. The highest BCUT2D eigenvalue weighted by molar-refractivity contribution is 7.92. The molecule has 2 aromatic carbocycles. The number of hydrogen-bond acceptors (Lipinski definition) is 4. The van der Waals surface area contributed by atoms with Gasteiger partial charge in [-0.25, -0.2) is 8.42 Å². The second-order valence-corrected chi connectivity index (χ2v) is 8.62. The quantitative estimate of drug-likeness (QED) is 0.553. The third-order valence-electron chi connectivity index (χ3n) is 4.45. The van der Waals surface area contributed by atoms with Crippen LogP contribution in [0.25, 0.3) is 10.9 Å². The van der Waals surface area contributed by atoms with Gasteiger partial charge in [-0.05, 0) is 43.3 Å². The van der Waals surface area contributed by atoms with E-state index in [1.54, 1.807) is 12.1 Å². The zero-order chi connectivity index (χ0) is 19.3. The largest absolute Gasteiger partial charge is 0.306 e. The van der Waals surface area contributed by atoms with E-state index in [1.807, 2.05) is 30.3 Å². The van der Waals surface area contributed by atoms with Crippen molar-refractivity contribution in [2.24, 2.45) is 0 Å². The van der Waals surface area contributed by atoms with E-state index in [9.17, 15) is 8.42 Å².